The van der Waals surface area contributed by atoms with Crippen molar-refractivity contribution in [2.75, 3.05) is 5.73 Å². The molecule has 0 radical (unpaired) electrons. The molecule has 1 aromatic carbocycles. The van der Waals surface area contributed by atoms with Crippen LogP contribution in [0.3, 0.4) is 0 Å². The molecule has 3 N–H and O–H groups in total. The molecule has 0 aliphatic carbocycles. The van der Waals surface area contributed by atoms with E-state index >= 15 is 0 Å². The molecular weight excluding hydrogens is 188 g/mol. The van der Waals surface area contributed by atoms with E-state index in [-0.39, 0.29) is 22.5 Å². The van der Waals surface area contributed by atoms with E-state index in [0.29, 0.717) is 0 Å². The third kappa shape index (κ3) is 1.63. The Kier molecular flexibility index (Phi) is 2.37. The van der Waals surface area contributed by atoms with Gasteiger partial charge in [-0.3, -0.25) is 10.1 Å². The minimum Gasteiger partial charge on any atom is -0.478 e. The molecule has 0 amide bonds. The summed E-state index contributed by atoms with van der Waals surface area (Å²) in [5.41, 5.74) is 5.36. The molecule has 0 aliphatic heterocycles. The lowest BCUT2D eigenvalue weighted by atomic mass is 10.1. The lowest BCUT2D eigenvalue weighted by Crippen LogP contribution is -2.03. The molecule has 6 heteroatoms. The minimum absolute atomic E-state index is 0.108. The number of nitro groups is 1. The van der Waals surface area contributed by atoms with Crippen molar-refractivity contribution in [2.24, 2.45) is 0 Å². The van der Waals surface area contributed by atoms with Gasteiger partial charge in [-0.2, -0.15) is 0 Å². The molecule has 0 aliphatic rings. The molecule has 0 spiro atoms. The largest absolute Gasteiger partial charge is 0.478 e. The number of rotatable bonds is 2. The van der Waals surface area contributed by atoms with Crippen LogP contribution in [0.15, 0.2) is 12.1 Å². The van der Waals surface area contributed by atoms with Crippen LogP contribution in [0.2, 0.25) is 0 Å². The molecule has 74 valence electrons. The first kappa shape index (κ1) is 9.97. The highest BCUT2D eigenvalue weighted by Crippen LogP contribution is 2.25. The number of benzene rings is 1. The Balaban J connectivity index is 3.43. The number of nitrogen functional groups attached to an aromatic ring is 1. The Morgan fingerprint density at radius 3 is 2.57 bits per heavy atom. The average Bonchev–Trinajstić information content (AvgIpc) is 2.08. The van der Waals surface area contributed by atoms with E-state index in [1.165, 1.54) is 13.0 Å². The van der Waals surface area contributed by atoms with Crippen molar-refractivity contribution in [1.29, 1.82) is 0 Å². The fraction of sp³-hybridized carbons (Fsp3) is 0.125. The second kappa shape index (κ2) is 3.33. The number of anilines is 1. The van der Waals surface area contributed by atoms with E-state index in [1.807, 2.05) is 0 Å². The number of carbonyl (C=O) groups is 1. The molecule has 14 heavy (non-hydrogen) atoms. The van der Waals surface area contributed by atoms with Crippen LogP contribution in [-0.2, 0) is 0 Å². The third-order valence-electron chi connectivity index (χ3n) is 1.86. The Bertz CT molecular complexity index is 414. The summed E-state index contributed by atoms with van der Waals surface area (Å²) in [5, 5.41) is 19.1. The van der Waals surface area contributed by atoms with E-state index in [9.17, 15) is 14.9 Å². The number of hydrogen-bond acceptors (Lipinski definition) is 4. The normalized spacial score (nSPS) is 9.79. The summed E-state index contributed by atoms with van der Waals surface area (Å²) < 4.78 is 0. The van der Waals surface area contributed by atoms with Gasteiger partial charge in [0.05, 0.1) is 10.5 Å². The van der Waals surface area contributed by atoms with Crippen molar-refractivity contribution >= 4 is 17.3 Å². The highest BCUT2D eigenvalue weighted by atomic mass is 16.6. The Morgan fingerprint density at radius 1 is 1.57 bits per heavy atom. The summed E-state index contributed by atoms with van der Waals surface area (Å²) in [6.45, 7) is 1.47. The van der Waals surface area contributed by atoms with Gasteiger partial charge in [0.1, 0.15) is 0 Å². The zero-order valence-electron chi connectivity index (χ0n) is 7.35. The second-order valence-corrected chi connectivity index (χ2v) is 2.77. The van der Waals surface area contributed by atoms with Gasteiger partial charge >= 0.3 is 5.97 Å². The maximum Gasteiger partial charge on any atom is 0.336 e. The number of hydrogen-bond donors (Lipinski definition) is 2. The number of aromatic carboxylic acids is 1. The van der Waals surface area contributed by atoms with Gasteiger partial charge in [-0.1, -0.05) is 0 Å². The van der Waals surface area contributed by atoms with Crippen LogP contribution in [0, 0.1) is 17.0 Å². The number of nitrogens with two attached hydrogens (primary N) is 1. The minimum atomic E-state index is -1.24. The molecule has 0 bridgehead atoms. The van der Waals surface area contributed by atoms with Crippen molar-refractivity contribution in [3.63, 3.8) is 0 Å². The quantitative estimate of drug-likeness (QED) is 0.419. The molecule has 0 saturated heterocycles. The van der Waals surface area contributed by atoms with E-state index in [4.69, 9.17) is 10.8 Å². The van der Waals surface area contributed by atoms with Crippen LogP contribution in [0.4, 0.5) is 11.4 Å². The zero-order chi connectivity index (χ0) is 10.9. The highest BCUT2D eigenvalue weighted by Gasteiger charge is 2.17. The van der Waals surface area contributed by atoms with Gasteiger partial charge in [-0.15, -0.1) is 0 Å². The van der Waals surface area contributed by atoms with Crippen molar-refractivity contribution in [3.8, 4) is 0 Å². The zero-order valence-corrected chi connectivity index (χ0v) is 7.35. The molecule has 0 unspecified atom stereocenters. The van der Waals surface area contributed by atoms with Gasteiger partial charge in [0, 0.05) is 17.3 Å². The van der Waals surface area contributed by atoms with Gasteiger partial charge in [0.15, 0.2) is 0 Å². The van der Waals surface area contributed by atoms with Crippen molar-refractivity contribution < 1.29 is 14.8 Å². The van der Waals surface area contributed by atoms with E-state index < -0.39 is 10.9 Å². The van der Waals surface area contributed by atoms with Crippen LogP contribution in [0.25, 0.3) is 0 Å². The van der Waals surface area contributed by atoms with Crippen molar-refractivity contribution in [2.45, 2.75) is 6.92 Å². The van der Waals surface area contributed by atoms with Crippen molar-refractivity contribution in [3.05, 3.63) is 33.4 Å². The van der Waals surface area contributed by atoms with Crippen LogP contribution in [-0.4, -0.2) is 16.0 Å². The van der Waals surface area contributed by atoms with Gasteiger partial charge in [0.2, 0.25) is 0 Å². The summed E-state index contributed by atoms with van der Waals surface area (Å²) >= 11 is 0. The molecule has 0 fully saturated rings. The molecular formula is C8H8N2O4. The number of nitro benzene ring substituents is 1. The molecule has 0 heterocycles. The predicted octanol–water partition coefficient (Wildman–Crippen LogP) is 1.18. The lowest BCUT2D eigenvalue weighted by molar-refractivity contribution is -0.385. The maximum absolute atomic E-state index is 10.6. The summed E-state index contributed by atoms with van der Waals surface area (Å²) in [6, 6.07) is 2.19. The monoisotopic (exact) mass is 196 g/mol. The van der Waals surface area contributed by atoms with Gasteiger partial charge in [-0.05, 0) is 13.0 Å². The van der Waals surface area contributed by atoms with Gasteiger partial charge in [-0.25, -0.2) is 4.79 Å². The number of nitrogens with zero attached hydrogens (tertiary/aromatic N) is 1. The molecule has 1 rings (SSSR count). The van der Waals surface area contributed by atoms with Crippen LogP contribution < -0.4 is 5.73 Å². The fourth-order valence-electron chi connectivity index (χ4n) is 1.03. The SMILES string of the molecule is Cc1c(N)cc(C(=O)O)cc1[N+](=O)[O-]. The smallest absolute Gasteiger partial charge is 0.336 e. The standard InChI is InChI=1S/C8H8N2O4/c1-4-6(9)2-5(8(11)12)3-7(4)10(13)14/h2-3H,9H2,1H3,(H,11,12). The average molecular weight is 196 g/mol. The van der Waals surface area contributed by atoms with Gasteiger partial charge < -0.3 is 10.8 Å². The first-order valence-electron chi connectivity index (χ1n) is 3.71. The summed E-state index contributed by atoms with van der Waals surface area (Å²) in [7, 11) is 0. The summed E-state index contributed by atoms with van der Waals surface area (Å²) in [4.78, 5) is 20.4. The van der Waals surface area contributed by atoms with Crippen LogP contribution >= 0.6 is 0 Å². The summed E-state index contributed by atoms with van der Waals surface area (Å²) in [6.07, 6.45) is 0. The van der Waals surface area contributed by atoms with Crippen LogP contribution in [0.5, 0.6) is 0 Å². The molecule has 0 atom stereocenters. The first-order valence-corrected chi connectivity index (χ1v) is 3.71. The Hall–Kier alpha value is -2.11. The van der Waals surface area contributed by atoms with Crippen LogP contribution in [0.1, 0.15) is 15.9 Å². The van der Waals surface area contributed by atoms with Crippen molar-refractivity contribution in [1.82, 2.24) is 0 Å². The third-order valence-corrected chi connectivity index (χ3v) is 1.86. The first-order chi connectivity index (χ1) is 6.43. The van der Waals surface area contributed by atoms with E-state index in [0.717, 1.165) is 6.07 Å². The van der Waals surface area contributed by atoms with E-state index in [2.05, 4.69) is 0 Å². The Morgan fingerprint density at radius 2 is 2.14 bits per heavy atom. The Labute approximate surface area is 79.1 Å². The molecule has 0 aromatic heterocycles. The second-order valence-electron chi connectivity index (χ2n) is 2.77. The predicted molar refractivity (Wildman–Crippen MR) is 49.2 cm³/mol. The lowest BCUT2D eigenvalue weighted by Gasteiger charge is -2.02. The maximum atomic E-state index is 10.6. The van der Waals surface area contributed by atoms with E-state index in [1.54, 1.807) is 0 Å². The molecule has 6 nitrogen and oxygen atoms in total. The topological polar surface area (TPSA) is 106 Å². The number of carboxylic acid groups (broad SMARTS) is 1. The summed E-state index contributed by atoms with van der Waals surface area (Å²) in [5.74, 6) is -1.24. The molecule has 0 saturated carbocycles. The molecule has 1 aromatic rings. The fourth-order valence-corrected chi connectivity index (χ4v) is 1.03. The van der Waals surface area contributed by atoms with Gasteiger partial charge in [0.25, 0.3) is 5.69 Å². The number of carboxylic acids is 1. The highest BCUT2D eigenvalue weighted by molar-refractivity contribution is 5.90.